The molecule has 0 unspecified atom stereocenters. The summed E-state index contributed by atoms with van der Waals surface area (Å²) in [6.45, 7) is 4.95. The van der Waals surface area contributed by atoms with Crippen LogP contribution in [-0.4, -0.2) is 29.9 Å². The van der Waals surface area contributed by atoms with Gasteiger partial charge in [-0.1, -0.05) is 55.6 Å². The van der Waals surface area contributed by atoms with Crippen LogP contribution in [0.3, 0.4) is 0 Å². The molecule has 3 aromatic rings. The first-order chi connectivity index (χ1) is 16.2. The number of amides is 1. The van der Waals surface area contributed by atoms with Gasteiger partial charge in [0.2, 0.25) is 5.91 Å². The van der Waals surface area contributed by atoms with Crippen LogP contribution in [0.4, 0.5) is 5.69 Å². The number of pyridine rings is 1. The van der Waals surface area contributed by atoms with Gasteiger partial charge in [-0.25, -0.2) is 4.98 Å². The Morgan fingerprint density at radius 3 is 2.64 bits per heavy atom. The lowest BCUT2D eigenvalue weighted by Gasteiger charge is -2.15. The summed E-state index contributed by atoms with van der Waals surface area (Å²) in [6, 6.07) is 16.0. The highest BCUT2D eigenvalue weighted by Gasteiger charge is 2.19. The summed E-state index contributed by atoms with van der Waals surface area (Å²) in [7, 11) is 0. The predicted octanol–water partition coefficient (Wildman–Crippen LogP) is 6.50. The number of nitrogens with one attached hydrogen (secondary N) is 1. The molecule has 0 spiro atoms. The molecule has 1 aliphatic carbocycles. The molecular weight excluding hydrogens is 432 g/mol. The molecule has 174 valence electrons. The maximum absolute atomic E-state index is 12.9. The van der Waals surface area contributed by atoms with E-state index in [4.69, 9.17) is 14.5 Å². The van der Waals surface area contributed by atoms with Crippen molar-refractivity contribution in [3.8, 4) is 11.5 Å². The molecule has 1 aromatic heterocycles. The third kappa shape index (κ3) is 6.20. The van der Waals surface area contributed by atoms with Crippen molar-refractivity contribution >= 4 is 34.3 Å². The highest BCUT2D eigenvalue weighted by Crippen LogP contribution is 2.33. The molecule has 0 bridgehead atoms. The van der Waals surface area contributed by atoms with Crippen LogP contribution in [0.5, 0.6) is 11.5 Å². The van der Waals surface area contributed by atoms with E-state index in [0.29, 0.717) is 30.4 Å². The van der Waals surface area contributed by atoms with Crippen LogP contribution in [-0.2, 0) is 11.2 Å². The van der Waals surface area contributed by atoms with E-state index in [-0.39, 0.29) is 11.7 Å². The lowest BCUT2D eigenvalue weighted by Crippen LogP contribution is -2.15. The van der Waals surface area contributed by atoms with Crippen molar-refractivity contribution < 1.29 is 14.3 Å². The van der Waals surface area contributed by atoms with Crippen LogP contribution < -0.4 is 14.8 Å². The lowest BCUT2D eigenvalue weighted by atomic mass is 9.98. The largest absolute Gasteiger partial charge is 0.494 e. The van der Waals surface area contributed by atoms with Gasteiger partial charge in [0.15, 0.2) is 0 Å². The van der Waals surface area contributed by atoms with Gasteiger partial charge in [-0.3, -0.25) is 4.79 Å². The Morgan fingerprint density at radius 2 is 1.85 bits per heavy atom. The average Bonchev–Trinajstić information content (AvgIpc) is 3.33. The Morgan fingerprint density at radius 1 is 1.06 bits per heavy atom. The number of thioether (sulfide) groups is 1. The summed E-state index contributed by atoms with van der Waals surface area (Å²) < 4.78 is 11.3. The van der Waals surface area contributed by atoms with Crippen molar-refractivity contribution in [3.63, 3.8) is 0 Å². The fraction of sp³-hybridized carbons (Fsp3) is 0.407. The van der Waals surface area contributed by atoms with Gasteiger partial charge < -0.3 is 14.8 Å². The minimum atomic E-state index is -0.0867. The third-order valence-electron chi connectivity index (χ3n) is 5.92. The molecule has 1 aliphatic rings. The Hall–Kier alpha value is -2.73. The second-order valence-corrected chi connectivity index (χ2v) is 9.32. The number of nitrogens with zero attached hydrogens (tertiary/aromatic N) is 1. The summed E-state index contributed by atoms with van der Waals surface area (Å²) in [5, 5.41) is 5.12. The summed E-state index contributed by atoms with van der Waals surface area (Å²) in [4.78, 5) is 17.8. The van der Waals surface area contributed by atoms with Crippen LogP contribution in [0, 0.1) is 5.92 Å². The zero-order valence-corrected chi connectivity index (χ0v) is 20.2. The van der Waals surface area contributed by atoms with Crippen molar-refractivity contribution in [2.45, 2.75) is 51.0 Å². The smallest absolute Gasteiger partial charge is 0.234 e. The van der Waals surface area contributed by atoms with Crippen LogP contribution in [0.2, 0.25) is 0 Å². The molecule has 1 heterocycles. The fourth-order valence-electron chi connectivity index (χ4n) is 4.40. The average molecular weight is 465 g/mol. The summed E-state index contributed by atoms with van der Waals surface area (Å²) >= 11 is 1.51. The second-order valence-electron chi connectivity index (χ2n) is 8.36. The number of hydrogen-bond donors (Lipinski definition) is 1. The summed E-state index contributed by atoms with van der Waals surface area (Å²) in [5.74, 6) is 2.27. The number of anilines is 1. The number of carbonyl (C=O) groups excluding carboxylic acids is 1. The van der Waals surface area contributed by atoms with Gasteiger partial charge >= 0.3 is 0 Å². The Bertz CT molecular complexity index is 1100. The first-order valence-electron chi connectivity index (χ1n) is 11.9. The zero-order valence-electron chi connectivity index (χ0n) is 19.4. The highest BCUT2D eigenvalue weighted by atomic mass is 32.2. The Balaban J connectivity index is 1.49. The molecule has 0 aliphatic heterocycles. The van der Waals surface area contributed by atoms with Crippen LogP contribution in [0.1, 0.15) is 45.1 Å². The SMILES string of the molecule is CCOc1ccc(OCC)c(NC(=O)CSc2nc3ccccc3cc2CC2CCCC2)c1. The first-order valence-corrected chi connectivity index (χ1v) is 12.9. The number of para-hydroxylation sites is 1. The Labute approximate surface area is 200 Å². The fourth-order valence-corrected chi connectivity index (χ4v) is 5.23. The number of benzene rings is 2. The van der Waals surface area contributed by atoms with Gasteiger partial charge in [-0.05, 0) is 56.0 Å². The van der Waals surface area contributed by atoms with Crippen molar-refractivity contribution in [1.82, 2.24) is 4.98 Å². The standard InChI is InChI=1S/C27H32N2O3S/c1-3-31-22-13-14-25(32-4-2)24(17-22)28-26(30)18-33-27-21(15-19-9-5-6-10-19)16-20-11-7-8-12-23(20)29-27/h7-8,11-14,16-17,19H,3-6,9-10,15,18H2,1-2H3,(H,28,30). The van der Waals surface area contributed by atoms with E-state index in [2.05, 4.69) is 23.5 Å². The van der Waals surface area contributed by atoms with Crippen molar-refractivity contribution in [3.05, 3.63) is 54.1 Å². The van der Waals surface area contributed by atoms with E-state index in [1.807, 2.05) is 44.2 Å². The van der Waals surface area contributed by atoms with Gasteiger partial charge in [0.05, 0.1) is 30.2 Å². The van der Waals surface area contributed by atoms with Crippen molar-refractivity contribution in [1.29, 1.82) is 0 Å². The number of ether oxygens (including phenoxy) is 2. The maximum Gasteiger partial charge on any atom is 0.234 e. The van der Waals surface area contributed by atoms with Gasteiger partial charge in [-0.2, -0.15) is 0 Å². The van der Waals surface area contributed by atoms with Gasteiger partial charge in [0.25, 0.3) is 0 Å². The van der Waals surface area contributed by atoms with E-state index >= 15 is 0 Å². The normalized spacial score (nSPS) is 13.9. The quantitative estimate of drug-likeness (QED) is 0.347. The molecule has 0 atom stereocenters. The molecule has 1 saturated carbocycles. The van der Waals surface area contributed by atoms with Crippen LogP contribution in [0.25, 0.3) is 10.9 Å². The molecular formula is C27H32N2O3S. The monoisotopic (exact) mass is 464 g/mol. The van der Waals surface area contributed by atoms with E-state index in [0.717, 1.165) is 28.3 Å². The van der Waals surface area contributed by atoms with E-state index in [1.54, 1.807) is 0 Å². The van der Waals surface area contributed by atoms with Crippen molar-refractivity contribution in [2.24, 2.45) is 5.92 Å². The van der Waals surface area contributed by atoms with Crippen molar-refractivity contribution in [2.75, 3.05) is 24.3 Å². The number of aromatic nitrogens is 1. The number of hydrogen-bond acceptors (Lipinski definition) is 5. The van der Waals surface area contributed by atoms with E-state index in [9.17, 15) is 4.79 Å². The molecule has 6 heteroatoms. The molecule has 2 aromatic carbocycles. The minimum absolute atomic E-state index is 0.0867. The van der Waals surface area contributed by atoms with E-state index < -0.39 is 0 Å². The van der Waals surface area contributed by atoms with Crippen LogP contribution >= 0.6 is 11.8 Å². The molecule has 0 radical (unpaired) electrons. The minimum Gasteiger partial charge on any atom is -0.494 e. The number of fused-ring (bicyclic) bond motifs is 1. The molecule has 4 rings (SSSR count). The molecule has 33 heavy (non-hydrogen) atoms. The third-order valence-corrected chi connectivity index (χ3v) is 6.96. The summed E-state index contributed by atoms with van der Waals surface area (Å²) in [5.41, 5.74) is 2.86. The molecule has 1 N–H and O–H groups in total. The highest BCUT2D eigenvalue weighted by molar-refractivity contribution is 8.00. The van der Waals surface area contributed by atoms with Crippen LogP contribution in [0.15, 0.2) is 53.6 Å². The zero-order chi connectivity index (χ0) is 23.0. The molecule has 5 nitrogen and oxygen atoms in total. The molecule has 0 saturated heterocycles. The molecule has 1 fully saturated rings. The Kier molecular flexibility index (Phi) is 8.10. The molecule has 1 amide bonds. The number of rotatable bonds is 10. The first kappa shape index (κ1) is 23.4. The maximum atomic E-state index is 12.9. The van der Waals surface area contributed by atoms with Gasteiger partial charge in [-0.15, -0.1) is 0 Å². The van der Waals surface area contributed by atoms with Gasteiger partial charge in [0, 0.05) is 11.5 Å². The number of carbonyl (C=O) groups is 1. The predicted molar refractivity (Wildman–Crippen MR) is 136 cm³/mol. The lowest BCUT2D eigenvalue weighted by molar-refractivity contribution is -0.113. The summed E-state index contributed by atoms with van der Waals surface area (Å²) in [6.07, 6.45) is 6.24. The van der Waals surface area contributed by atoms with Gasteiger partial charge in [0.1, 0.15) is 16.5 Å². The van der Waals surface area contributed by atoms with E-state index in [1.165, 1.54) is 43.0 Å². The topological polar surface area (TPSA) is 60.5 Å². The second kappa shape index (κ2) is 11.4.